The summed E-state index contributed by atoms with van der Waals surface area (Å²) in [5.41, 5.74) is 3.43. The third-order valence-electron chi connectivity index (χ3n) is 3.51. The van der Waals surface area contributed by atoms with Crippen LogP contribution in [-0.2, 0) is 17.8 Å². The lowest BCUT2D eigenvalue weighted by molar-refractivity contribution is 0.199. The molecule has 0 aromatic carbocycles. The average molecular weight is 291 g/mol. The van der Waals surface area contributed by atoms with E-state index >= 15 is 0 Å². The van der Waals surface area contributed by atoms with E-state index in [0.29, 0.717) is 12.6 Å². The van der Waals surface area contributed by atoms with Crippen LogP contribution < -0.4 is 5.32 Å². The van der Waals surface area contributed by atoms with Gasteiger partial charge >= 0.3 is 0 Å². The van der Waals surface area contributed by atoms with E-state index in [4.69, 9.17) is 4.74 Å². The molecule has 6 nitrogen and oxygen atoms in total. The molecule has 1 N–H and O–H groups in total. The monoisotopic (exact) mass is 291 g/mol. The van der Waals surface area contributed by atoms with E-state index in [1.54, 1.807) is 7.11 Å². The molecule has 116 valence electrons. The van der Waals surface area contributed by atoms with Gasteiger partial charge in [0.2, 0.25) is 0 Å². The molecule has 0 aliphatic carbocycles. The Hall–Kier alpha value is -1.66. The summed E-state index contributed by atoms with van der Waals surface area (Å²) in [4.78, 5) is 0. The Morgan fingerprint density at radius 2 is 2.19 bits per heavy atom. The molecule has 0 unspecified atom stereocenters. The van der Waals surface area contributed by atoms with E-state index in [2.05, 4.69) is 42.4 Å². The highest BCUT2D eigenvalue weighted by Crippen LogP contribution is 2.10. The van der Waals surface area contributed by atoms with Crippen molar-refractivity contribution in [3.8, 4) is 0 Å². The van der Waals surface area contributed by atoms with Gasteiger partial charge in [-0.1, -0.05) is 0 Å². The van der Waals surface area contributed by atoms with Gasteiger partial charge in [0.25, 0.3) is 0 Å². The Morgan fingerprint density at radius 1 is 1.38 bits per heavy atom. The molecule has 2 heterocycles. The average Bonchev–Trinajstić information content (AvgIpc) is 3.05. The van der Waals surface area contributed by atoms with Crippen molar-refractivity contribution >= 4 is 0 Å². The predicted molar refractivity (Wildman–Crippen MR) is 82.3 cm³/mol. The highest BCUT2D eigenvalue weighted by molar-refractivity contribution is 5.17. The third kappa shape index (κ3) is 4.15. The van der Waals surface area contributed by atoms with Gasteiger partial charge < -0.3 is 10.1 Å². The number of hydrogen-bond donors (Lipinski definition) is 1. The molecule has 0 amide bonds. The molecule has 6 heteroatoms. The van der Waals surface area contributed by atoms with E-state index in [0.717, 1.165) is 25.4 Å². The summed E-state index contributed by atoms with van der Waals surface area (Å²) in [7, 11) is 1.71. The summed E-state index contributed by atoms with van der Waals surface area (Å²) < 4.78 is 9.00. The van der Waals surface area contributed by atoms with Crippen LogP contribution in [0.15, 0.2) is 18.5 Å². The first-order valence-corrected chi connectivity index (χ1v) is 7.36. The standard InChI is InChI=1S/C15H25N5O/c1-12(2)19-7-5-15(18-19)11-20-13(3)14(10-17-20)9-16-6-8-21-4/h5,7,10,12,16H,6,8-9,11H2,1-4H3. The SMILES string of the molecule is COCCNCc1cnn(Cc2ccn(C(C)C)n2)c1C. The minimum atomic E-state index is 0.387. The molecule has 0 atom stereocenters. The Morgan fingerprint density at radius 3 is 2.86 bits per heavy atom. The lowest BCUT2D eigenvalue weighted by Crippen LogP contribution is -2.19. The van der Waals surface area contributed by atoms with Crippen molar-refractivity contribution < 1.29 is 4.74 Å². The van der Waals surface area contributed by atoms with E-state index in [9.17, 15) is 0 Å². The molecule has 0 radical (unpaired) electrons. The van der Waals surface area contributed by atoms with Crippen molar-refractivity contribution in [1.29, 1.82) is 0 Å². The van der Waals surface area contributed by atoms with Gasteiger partial charge in [-0.05, 0) is 26.8 Å². The van der Waals surface area contributed by atoms with Gasteiger partial charge in [0, 0.05) is 43.7 Å². The topological polar surface area (TPSA) is 56.9 Å². The molecule has 2 rings (SSSR count). The summed E-state index contributed by atoms with van der Waals surface area (Å²) in [6, 6.07) is 2.44. The Kier molecular flexibility index (Phi) is 5.52. The molecular weight excluding hydrogens is 266 g/mol. The fourth-order valence-electron chi connectivity index (χ4n) is 2.12. The first kappa shape index (κ1) is 15.7. The molecule has 0 spiro atoms. The number of rotatable bonds is 8. The van der Waals surface area contributed by atoms with Crippen LogP contribution in [0.1, 0.15) is 36.8 Å². The molecule has 0 bridgehead atoms. The fraction of sp³-hybridized carbons (Fsp3) is 0.600. The molecule has 21 heavy (non-hydrogen) atoms. The zero-order chi connectivity index (χ0) is 15.2. The van der Waals surface area contributed by atoms with Gasteiger partial charge in [0.15, 0.2) is 0 Å². The first-order valence-electron chi connectivity index (χ1n) is 7.36. The maximum atomic E-state index is 5.02. The number of aromatic nitrogens is 4. The second kappa shape index (κ2) is 7.38. The van der Waals surface area contributed by atoms with Crippen molar-refractivity contribution in [1.82, 2.24) is 24.9 Å². The van der Waals surface area contributed by atoms with Gasteiger partial charge in [-0.25, -0.2) is 0 Å². The lowest BCUT2D eigenvalue weighted by atomic mass is 10.2. The fourth-order valence-corrected chi connectivity index (χ4v) is 2.12. The van der Waals surface area contributed by atoms with Crippen LogP contribution in [0.25, 0.3) is 0 Å². The largest absolute Gasteiger partial charge is 0.383 e. The summed E-state index contributed by atoms with van der Waals surface area (Å²) in [6.07, 6.45) is 3.95. The highest BCUT2D eigenvalue weighted by Gasteiger charge is 2.08. The number of nitrogens with zero attached hydrogens (tertiary/aromatic N) is 4. The van der Waals surface area contributed by atoms with E-state index < -0.39 is 0 Å². The highest BCUT2D eigenvalue weighted by atomic mass is 16.5. The normalized spacial score (nSPS) is 11.5. The summed E-state index contributed by atoms with van der Waals surface area (Å²) >= 11 is 0. The molecule has 0 aliphatic heterocycles. The molecule has 0 aliphatic rings. The lowest BCUT2D eigenvalue weighted by Gasteiger charge is -2.06. The summed E-state index contributed by atoms with van der Waals surface area (Å²) in [6.45, 7) is 9.44. The Labute approximate surface area is 126 Å². The zero-order valence-electron chi connectivity index (χ0n) is 13.3. The van der Waals surface area contributed by atoms with Crippen molar-refractivity contribution in [2.45, 2.75) is 39.9 Å². The molecule has 0 fully saturated rings. The maximum Gasteiger partial charge on any atom is 0.0852 e. The summed E-state index contributed by atoms with van der Waals surface area (Å²) in [5, 5.41) is 12.4. The van der Waals surface area contributed by atoms with Crippen LogP contribution in [0.3, 0.4) is 0 Å². The third-order valence-corrected chi connectivity index (χ3v) is 3.51. The van der Waals surface area contributed by atoms with Gasteiger partial charge in [-0.3, -0.25) is 9.36 Å². The van der Waals surface area contributed by atoms with Crippen LogP contribution in [0.4, 0.5) is 0 Å². The molecule has 2 aromatic heterocycles. The van der Waals surface area contributed by atoms with E-state index in [1.165, 1.54) is 11.3 Å². The molecule has 0 saturated carbocycles. The summed E-state index contributed by atoms with van der Waals surface area (Å²) in [5.74, 6) is 0. The zero-order valence-corrected chi connectivity index (χ0v) is 13.3. The Bertz CT molecular complexity index is 558. The predicted octanol–water partition coefficient (Wildman–Crippen LogP) is 1.75. The Balaban J connectivity index is 1.95. The van der Waals surface area contributed by atoms with E-state index in [-0.39, 0.29) is 0 Å². The van der Waals surface area contributed by atoms with Crippen molar-refractivity contribution in [2.24, 2.45) is 0 Å². The minimum absolute atomic E-state index is 0.387. The number of nitrogens with one attached hydrogen (secondary N) is 1. The maximum absolute atomic E-state index is 5.02. The van der Waals surface area contributed by atoms with Crippen LogP contribution in [-0.4, -0.2) is 39.8 Å². The number of ether oxygens (including phenoxy) is 1. The van der Waals surface area contributed by atoms with Crippen LogP contribution in [0.2, 0.25) is 0 Å². The van der Waals surface area contributed by atoms with Crippen molar-refractivity contribution in [3.63, 3.8) is 0 Å². The second-order valence-corrected chi connectivity index (χ2v) is 5.46. The van der Waals surface area contributed by atoms with Crippen LogP contribution in [0, 0.1) is 6.92 Å². The van der Waals surface area contributed by atoms with Gasteiger partial charge in [0.1, 0.15) is 0 Å². The second-order valence-electron chi connectivity index (χ2n) is 5.46. The quantitative estimate of drug-likeness (QED) is 0.753. The number of hydrogen-bond acceptors (Lipinski definition) is 4. The molecule has 0 saturated heterocycles. The molecular formula is C15H25N5O. The molecule has 2 aromatic rings. The first-order chi connectivity index (χ1) is 10.1. The number of methoxy groups -OCH3 is 1. The van der Waals surface area contributed by atoms with Crippen LogP contribution in [0.5, 0.6) is 0 Å². The van der Waals surface area contributed by atoms with Crippen molar-refractivity contribution in [3.05, 3.63) is 35.4 Å². The van der Waals surface area contributed by atoms with Gasteiger partial charge in [0.05, 0.1) is 25.0 Å². The van der Waals surface area contributed by atoms with Crippen molar-refractivity contribution in [2.75, 3.05) is 20.3 Å². The van der Waals surface area contributed by atoms with E-state index in [1.807, 2.05) is 21.8 Å². The van der Waals surface area contributed by atoms with Gasteiger partial charge in [-0.15, -0.1) is 0 Å². The smallest absolute Gasteiger partial charge is 0.0852 e. The minimum Gasteiger partial charge on any atom is -0.383 e. The van der Waals surface area contributed by atoms with Crippen LogP contribution >= 0.6 is 0 Å². The van der Waals surface area contributed by atoms with Gasteiger partial charge in [-0.2, -0.15) is 10.2 Å².